The van der Waals surface area contributed by atoms with Crippen LogP contribution in [0.25, 0.3) is 10.9 Å². The number of hydrogen-bond acceptors (Lipinski definition) is 5. The third-order valence-corrected chi connectivity index (χ3v) is 5.10. The first kappa shape index (κ1) is 19.2. The van der Waals surface area contributed by atoms with E-state index in [0.29, 0.717) is 18.2 Å². The number of primary amides is 1. The van der Waals surface area contributed by atoms with Crippen LogP contribution in [0.3, 0.4) is 0 Å². The van der Waals surface area contributed by atoms with Gasteiger partial charge in [0.25, 0.3) is 0 Å². The predicted octanol–water partition coefficient (Wildman–Crippen LogP) is 2.23. The van der Waals surface area contributed by atoms with Gasteiger partial charge in [0, 0.05) is 36.5 Å². The van der Waals surface area contributed by atoms with Gasteiger partial charge in [-0.2, -0.15) is 0 Å². The van der Waals surface area contributed by atoms with Gasteiger partial charge in [0.1, 0.15) is 17.5 Å². The van der Waals surface area contributed by atoms with Gasteiger partial charge < -0.3 is 20.2 Å². The molecule has 0 spiro atoms. The Morgan fingerprint density at radius 2 is 2.15 bits per heavy atom. The lowest BCUT2D eigenvalue weighted by molar-refractivity contribution is -0.117. The molecule has 0 aliphatic carbocycles. The summed E-state index contributed by atoms with van der Waals surface area (Å²) in [5.74, 6) is -0.113. The van der Waals surface area contributed by atoms with Crippen LogP contribution in [0.2, 0.25) is 0 Å². The Morgan fingerprint density at radius 3 is 2.78 bits per heavy atom. The number of aromatic amines is 1. The van der Waals surface area contributed by atoms with E-state index in [1.54, 1.807) is 0 Å². The molecule has 146 valence electrons. The van der Waals surface area contributed by atoms with E-state index in [9.17, 15) is 9.59 Å². The number of aryl methyl sites for hydroxylation is 1. The number of amides is 1. The Labute approximate surface area is 158 Å². The second-order valence-electron chi connectivity index (χ2n) is 7.26. The molecule has 3 rings (SSSR count). The van der Waals surface area contributed by atoms with Gasteiger partial charge in [-0.05, 0) is 50.5 Å². The fourth-order valence-corrected chi connectivity index (χ4v) is 3.60. The monoisotopic (exact) mass is 373 g/mol. The van der Waals surface area contributed by atoms with Crippen molar-refractivity contribution in [3.05, 3.63) is 29.5 Å². The Bertz CT molecular complexity index is 843. The van der Waals surface area contributed by atoms with Crippen molar-refractivity contribution in [2.75, 3.05) is 20.2 Å². The summed E-state index contributed by atoms with van der Waals surface area (Å²) in [7, 11) is 1.33. The molecule has 7 heteroatoms. The number of rotatable bonds is 7. The van der Waals surface area contributed by atoms with Gasteiger partial charge in [-0.15, -0.1) is 0 Å². The molecule has 1 aliphatic heterocycles. The zero-order valence-electron chi connectivity index (χ0n) is 16.1. The number of nitrogens with zero attached hydrogens (tertiary/aromatic N) is 1. The van der Waals surface area contributed by atoms with Gasteiger partial charge in [0.05, 0.1) is 7.11 Å². The van der Waals surface area contributed by atoms with Crippen molar-refractivity contribution in [2.45, 2.75) is 45.3 Å². The molecule has 0 bridgehead atoms. The minimum absolute atomic E-state index is 0.151. The molecule has 1 atom stereocenters. The summed E-state index contributed by atoms with van der Waals surface area (Å²) >= 11 is 0. The quantitative estimate of drug-likeness (QED) is 0.726. The number of carbonyl (C=O) groups excluding carboxylic acids is 2. The van der Waals surface area contributed by atoms with Crippen molar-refractivity contribution in [1.82, 2.24) is 9.88 Å². The Hall–Kier alpha value is -2.54. The summed E-state index contributed by atoms with van der Waals surface area (Å²) in [5, 5.41) is 0.855. The standard InChI is InChI=1S/C20H27N3O4/c1-12(2)23-9-8-14(11-23)27-13-4-6-17-16(10-13)15(5-7-18(21)24)19(22-17)20(25)26-3/h4,6,10,12,14,22H,5,7-9,11H2,1-3H3,(H2,21,24). The number of likely N-dealkylation sites (tertiary alicyclic amines) is 1. The molecule has 1 fully saturated rings. The number of H-pyrrole nitrogens is 1. The lowest BCUT2D eigenvalue weighted by atomic mass is 10.0. The van der Waals surface area contributed by atoms with Crippen LogP contribution in [-0.4, -0.2) is 54.1 Å². The lowest BCUT2D eigenvalue weighted by Gasteiger charge is -2.20. The molecule has 2 aromatic rings. The molecule has 27 heavy (non-hydrogen) atoms. The van der Waals surface area contributed by atoms with Crippen LogP contribution in [0, 0.1) is 0 Å². The van der Waals surface area contributed by atoms with E-state index in [0.717, 1.165) is 41.7 Å². The molecule has 1 saturated heterocycles. The topological polar surface area (TPSA) is 97.7 Å². The largest absolute Gasteiger partial charge is 0.489 e. The highest BCUT2D eigenvalue weighted by Crippen LogP contribution is 2.29. The maximum Gasteiger partial charge on any atom is 0.354 e. The zero-order chi connectivity index (χ0) is 19.6. The Kier molecular flexibility index (Phi) is 5.70. The molecular weight excluding hydrogens is 346 g/mol. The molecule has 1 aromatic carbocycles. The minimum Gasteiger partial charge on any atom is -0.489 e. The highest BCUT2D eigenvalue weighted by atomic mass is 16.5. The summed E-state index contributed by atoms with van der Waals surface area (Å²) in [4.78, 5) is 28.8. The normalized spacial score (nSPS) is 17.6. The molecule has 2 heterocycles. The van der Waals surface area contributed by atoms with Crippen LogP contribution in [0.4, 0.5) is 0 Å². The van der Waals surface area contributed by atoms with Crippen LogP contribution >= 0.6 is 0 Å². The van der Waals surface area contributed by atoms with Gasteiger partial charge in [-0.3, -0.25) is 9.69 Å². The fraction of sp³-hybridized carbons (Fsp3) is 0.500. The van der Waals surface area contributed by atoms with Crippen molar-refractivity contribution in [2.24, 2.45) is 5.73 Å². The van der Waals surface area contributed by atoms with E-state index in [1.807, 2.05) is 18.2 Å². The molecule has 1 aliphatic rings. The number of ether oxygens (including phenoxy) is 2. The van der Waals surface area contributed by atoms with Crippen molar-refractivity contribution in [3.63, 3.8) is 0 Å². The van der Waals surface area contributed by atoms with E-state index in [4.69, 9.17) is 15.2 Å². The molecular formula is C20H27N3O4. The predicted molar refractivity (Wildman–Crippen MR) is 103 cm³/mol. The first-order chi connectivity index (χ1) is 12.9. The Balaban J connectivity index is 1.87. The molecule has 1 aromatic heterocycles. The summed E-state index contributed by atoms with van der Waals surface area (Å²) in [5.41, 5.74) is 7.19. The number of esters is 1. The van der Waals surface area contributed by atoms with E-state index in [2.05, 4.69) is 23.7 Å². The minimum atomic E-state index is -0.462. The number of hydrogen-bond donors (Lipinski definition) is 2. The number of nitrogens with one attached hydrogen (secondary N) is 1. The average molecular weight is 373 g/mol. The van der Waals surface area contributed by atoms with Crippen molar-refractivity contribution >= 4 is 22.8 Å². The molecule has 0 saturated carbocycles. The smallest absolute Gasteiger partial charge is 0.354 e. The summed E-state index contributed by atoms with van der Waals surface area (Å²) in [6.07, 6.45) is 1.67. The molecule has 7 nitrogen and oxygen atoms in total. The molecule has 1 amide bonds. The van der Waals surface area contributed by atoms with Crippen LogP contribution in [-0.2, 0) is 16.0 Å². The van der Waals surface area contributed by atoms with Crippen molar-refractivity contribution in [1.29, 1.82) is 0 Å². The third kappa shape index (κ3) is 4.24. The maximum absolute atomic E-state index is 12.1. The van der Waals surface area contributed by atoms with E-state index in [1.165, 1.54) is 7.11 Å². The zero-order valence-corrected chi connectivity index (χ0v) is 16.1. The van der Waals surface area contributed by atoms with E-state index in [-0.39, 0.29) is 12.5 Å². The van der Waals surface area contributed by atoms with Crippen LogP contribution in [0.5, 0.6) is 5.75 Å². The number of fused-ring (bicyclic) bond motifs is 1. The average Bonchev–Trinajstić information content (AvgIpc) is 3.23. The highest BCUT2D eigenvalue weighted by Gasteiger charge is 2.26. The molecule has 0 radical (unpaired) electrons. The summed E-state index contributed by atoms with van der Waals surface area (Å²) in [6.45, 7) is 6.32. The first-order valence-electron chi connectivity index (χ1n) is 9.31. The van der Waals surface area contributed by atoms with Crippen LogP contribution in [0.15, 0.2) is 18.2 Å². The van der Waals surface area contributed by atoms with Gasteiger partial charge in [0.15, 0.2) is 0 Å². The van der Waals surface area contributed by atoms with Gasteiger partial charge >= 0.3 is 5.97 Å². The SMILES string of the molecule is COC(=O)c1[nH]c2ccc(OC3CCN(C(C)C)C3)cc2c1CCC(N)=O. The van der Waals surface area contributed by atoms with Gasteiger partial charge in [-0.1, -0.05) is 0 Å². The molecule has 3 N–H and O–H groups in total. The van der Waals surface area contributed by atoms with E-state index < -0.39 is 11.9 Å². The highest BCUT2D eigenvalue weighted by molar-refractivity contribution is 5.99. The molecule has 1 unspecified atom stereocenters. The first-order valence-corrected chi connectivity index (χ1v) is 9.31. The van der Waals surface area contributed by atoms with Crippen molar-refractivity contribution in [3.8, 4) is 5.75 Å². The number of aromatic nitrogens is 1. The van der Waals surface area contributed by atoms with Gasteiger partial charge in [-0.25, -0.2) is 4.79 Å². The fourth-order valence-electron chi connectivity index (χ4n) is 3.60. The number of methoxy groups -OCH3 is 1. The lowest BCUT2D eigenvalue weighted by Crippen LogP contribution is -2.30. The summed E-state index contributed by atoms with van der Waals surface area (Å²) < 4.78 is 11.0. The number of carbonyl (C=O) groups is 2. The second-order valence-corrected chi connectivity index (χ2v) is 7.26. The number of benzene rings is 1. The second kappa shape index (κ2) is 8.00. The maximum atomic E-state index is 12.1. The van der Waals surface area contributed by atoms with Crippen LogP contribution in [0.1, 0.15) is 42.7 Å². The third-order valence-electron chi connectivity index (χ3n) is 5.10. The van der Waals surface area contributed by atoms with Crippen molar-refractivity contribution < 1.29 is 19.1 Å². The van der Waals surface area contributed by atoms with Crippen LogP contribution < -0.4 is 10.5 Å². The van der Waals surface area contributed by atoms with E-state index >= 15 is 0 Å². The Morgan fingerprint density at radius 1 is 1.37 bits per heavy atom. The summed E-state index contributed by atoms with van der Waals surface area (Å²) in [6, 6.07) is 6.22. The number of nitrogens with two attached hydrogens (primary N) is 1. The van der Waals surface area contributed by atoms with Gasteiger partial charge in [0.2, 0.25) is 5.91 Å².